The first-order valence-corrected chi connectivity index (χ1v) is 9.82. The third kappa shape index (κ3) is 5.33. The number of alkyl halides is 2. The number of benzene rings is 3. The molecular formula is C24H22ClF3O. The Balaban J connectivity index is 1.68. The molecule has 0 fully saturated rings. The Labute approximate surface area is 174 Å². The summed E-state index contributed by atoms with van der Waals surface area (Å²) in [7, 11) is 0. The minimum absolute atomic E-state index is 0.128. The molecule has 3 aromatic carbocycles. The Kier molecular flexibility index (Phi) is 6.86. The van der Waals surface area contributed by atoms with Gasteiger partial charge in [-0.2, -0.15) is 0 Å². The van der Waals surface area contributed by atoms with Crippen molar-refractivity contribution >= 4 is 11.6 Å². The Morgan fingerprint density at radius 2 is 1.66 bits per heavy atom. The third-order valence-corrected chi connectivity index (χ3v) is 5.37. The number of halogens is 4. The fourth-order valence-corrected chi connectivity index (χ4v) is 3.39. The summed E-state index contributed by atoms with van der Waals surface area (Å²) in [5, 5.41) is 0.516. The van der Waals surface area contributed by atoms with E-state index in [4.69, 9.17) is 16.3 Å². The highest BCUT2D eigenvalue weighted by Gasteiger charge is 2.36. The normalized spacial score (nSPS) is 13.3. The van der Waals surface area contributed by atoms with Crippen LogP contribution in [0, 0.1) is 5.82 Å². The summed E-state index contributed by atoms with van der Waals surface area (Å²) in [6.45, 7) is 1.56. The average Bonchev–Trinajstić information content (AvgIpc) is 2.71. The van der Waals surface area contributed by atoms with Crippen LogP contribution < -0.4 is 4.74 Å². The Morgan fingerprint density at radius 3 is 2.31 bits per heavy atom. The number of para-hydroxylation sites is 1. The van der Waals surface area contributed by atoms with Gasteiger partial charge in [-0.3, -0.25) is 0 Å². The Hall–Kier alpha value is -2.46. The molecule has 0 spiro atoms. The molecule has 0 aliphatic rings. The van der Waals surface area contributed by atoms with Gasteiger partial charge in [-0.25, -0.2) is 13.2 Å². The third-order valence-electron chi connectivity index (χ3n) is 5.11. The number of hydrogen-bond acceptors (Lipinski definition) is 1. The van der Waals surface area contributed by atoms with Gasteiger partial charge in [-0.1, -0.05) is 54.9 Å². The van der Waals surface area contributed by atoms with Gasteiger partial charge in [-0.15, -0.1) is 0 Å². The molecule has 0 radical (unpaired) electrons. The lowest BCUT2D eigenvalue weighted by Crippen LogP contribution is -2.31. The van der Waals surface area contributed by atoms with E-state index in [1.165, 1.54) is 6.07 Å². The maximum Gasteiger partial charge on any atom is 0.247 e. The van der Waals surface area contributed by atoms with Crippen molar-refractivity contribution in [2.24, 2.45) is 0 Å². The van der Waals surface area contributed by atoms with E-state index >= 15 is 0 Å². The van der Waals surface area contributed by atoms with Gasteiger partial charge < -0.3 is 4.74 Å². The largest absolute Gasteiger partial charge is 0.454 e. The molecule has 3 aromatic rings. The summed E-state index contributed by atoms with van der Waals surface area (Å²) in [6, 6.07) is 20.1. The number of hydrogen-bond donors (Lipinski definition) is 0. The SMILES string of the molecule is CC(CCCc1ccc(F)c(Oc2ccccc2)c1)(c1ccc(Cl)cc1)C(F)F. The maximum absolute atomic E-state index is 14.1. The van der Waals surface area contributed by atoms with Gasteiger partial charge in [0.2, 0.25) is 6.43 Å². The van der Waals surface area contributed by atoms with E-state index in [1.54, 1.807) is 67.6 Å². The van der Waals surface area contributed by atoms with E-state index in [1.807, 2.05) is 6.07 Å². The molecule has 1 nitrogen and oxygen atoms in total. The molecule has 0 heterocycles. The van der Waals surface area contributed by atoms with Crippen molar-refractivity contribution in [1.82, 2.24) is 0 Å². The van der Waals surface area contributed by atoms with Gasteiger partial charge in [0, 0.05) is 5.02 Å². The van der Waals surface area contributed by atoms with E-state index in [0.29, 0.717) is 35.6 Å². The van der Waals surface area contributed by atoms with Crippen molar-refractivity contribution in [1.29, 1.82) is 0 Å². The van der Waals surface area contributed by atoms with Crippen molar-refractivity contribution in [3.05, 3.63) is 94.8 Å². The van der Waals surface area contributed by atoms with Crippen molar-refractivity contribution in [3.8, 4) is 11.5 Å². The zero-order valence-electron chi connectivity index (χ0n) is 16.0. The molecule has 0 amide bonds. The number of ether oxygens (including phenoxy) is 1. The molecule has 1 unspecified atom stereocenters. The molecule has 0 N–H and O–H groups in total. The summed E-state index contributed by atoms with van der Waals surface area (Å²) in [5.41, 5.74) is 0.128. The van der Waals surface area contributed by atoms with Crippen LogP contribution in [0.15, 0.2) is 72.8 Å². The van der Waals surface area contributed by atoms with Gasteiger partial charge >= 0.3 is 0 Å². The van der Waals surface area contributed by atoms with E-state index in [0.717, 1.165) is 5.56 Å². The molecule has 0 saturated carbocycles. The van der Waals surface area contributed by atoms with E-state index in [9.17, 15) is 13.2 Å². The van der Waals surface area contributed by atoms with Gasteiger partial charge in [0.25, 0.3) is 0 Å². The second kappa shape index (κ2) is 9.36. The van der Waals surface area contributed by atoms with E-state index < -0.39 is 17.7 Å². The first-order chi connectivity index (χ1) is 13.9. The van der Waals surface area contributed by atoms with Gasteiger partial charge in [0.1, 0.15) is 5.75 Å². The quantitative estimate of drug-likeness (QED) is 0.362. The zero-order valence-corrected chi connectivity index (χ0v) is 16.8. The summed E-state index contributed by atoms with van der Waals surface area (Å²) in [4.78, 5) is 0. The minimum atomic E-state index is -2.51. The highest BCUT2D eigenvalue weighted by molar-refractivity contribution is 6.30. The smallest absolute Gasteiger partial charge is 0.247 e. The molecule has 5 heteroatoms. The van der Waals surface area contributed by atoms with E-state index in [2.05, 4.69) is 0 Å². The minimum Gasteiger partial charge on any atom is -0.454 e. The lowest BCUT2D eigenvalue weighted by atomic mass is 9.78. The van der Waals surface area contributed by atoms with Crippen LogP contribution in [-0.4, -0.2) is 6.43 Å². The molecule has 0 aliphatic heterocycles. The first-order valence-electron chi connectivity index (χ1n) is 9.44. The Morgan fingerprint density at radius 1 is 0.966 bits per heavy atom. The van der Waals surface area contributed by atoms with Crippen molar-refractivity contribution in [2.75, 3.05) is 0 Å². The fraction of sp³-hybridized carbons (Fsp3) is 0.250. The van der Waals surface area contributed by atoms with Crippen LogP contribution in [0.3, 0.4) is 0 Å². The molecule has 0 bridgehead atoms. The number of aryl methyl sites for hydroxylation is 1. The second-order valence-electron chi connectivity index (χ2n) is 7.26. The maximum atomic E-state index is 14.1. The van der Waals surface area contributed by atoms with Gasteiger partial charge in [0.15, 0.2) is 11.6 Å². The molecule has 0 aromatic heterocycles. The molecule has 0 aliphatic carbocycles. The lowest BCUT2D eigenvalue weighted by Gasteiger charge is -2.29. The molecular weight excluding hydrogens is 397 g/mol. The highest BCUT2D eigenvalue weighted by atomic mass is 35.5. The van der Waals surface area contributed by atoms with Gasteiger partial charge in [-0.05, 0) is 66.8 Å². The lowest BCUT2D eigenvalue weighted by molar-refractivity contribution is 0.0527. The van der Waals surface area contributed by atoms with Crippen molar-refractivity contribution < 1.29 is 17.9 Å². The van der Waals surface area contributed by atoms with Gasteiger partial charge in [0.05, 0.1) is 5.41 Å². The van der Waals surface area contributed by atoms with Crippen LogP contribution in [-0.2, 0) is 11.8 Å². The standard InChI is InChI=1S/C24H22ClF3O/c1-24(23(27)28,18-10-12-19(25)13-11-18)15-5-6-17-9-14-21(26)22(16-17)29-20-7-3-2-4-8-20/h2-4,7-14,16,23H,5-6,15H2,1H3. The predicted octanol–water partition coefficient (Wildman–Crippen LogP) is 7.82. The topological polar surface area (TPSA) is 9.23 Å². The average molecular weight is 419 g/mol. The molecule has 29 heavy (non-hydrogen) atoms. The monoisotopic (exact) mass is 418 g/mol. The summed E-state index contributed by atoms with van der Waals surface area (Å²) in [5.74, 6) is 0.204. The predicted molar refractivity (Wildman–Crippen MR) is 111 cm³/mol. The first kappa shape index (κ1) is 21.3. The molecule has 0 saturated heterocycles. The van der Waals surface area contributed by atoms with Crippen molar-refractivity contribution in [2.45, 2.75) is 38.0 Å². The molecule has 1 atom stereocenters. The van der Waals surface area contributed by atoms with Crippen molar-refractivity contribution in [3.63, 3.8) is 0 Å². The highest BCUT2D eigenvalue weighted by Crippen LogP contribution is 2.36. The molecule has 3 rings (SSSR count). The number of rotatable bonds is 8. The summed E-state index contributed by atoms with van der Waals surface area (Å²) < 4.78 is 47.4. The van der Waals surface area contributed by atoms with Crippen LogP contribution in [0.4, 0.5) is 13.2 Å². The molecule has 152 valence electrons. The summed E-state index contributed by atoms with van der Waals surface area (Å²) >= 11 is 5.88. The second-order valence-corrected chi connectivity index (χ2v) is 7.69. The Bertz CT molecular complexity index is 929. The fourth-order valence-electron chi connectivity index (χ4n) is 3.27. The van der Waals surface area contributed by atoms with Crippen LogP contribution >= 0.6 is 11.6 Å². The summed E-state index contributed by atoms with van der Waals surface area (Å²) in [6.07, 6.45) is -1.14. The van der Waals surface area contributed by atoms with Crippen LogP contribution in [0.1, 0.15) is 30.9 Å². The van der Waals surface area contributed by atoms with E-state index in [-0.39, 0.29) is 5.75 Å². The van der Waals surface area contributed by atoms with Crippen LogP contribution in [0.25, 0.3) is 0 Å². The van der Waals surface area contributed by atoms with Crippen LogP contribution in [0.5, 0.6) is 11.5 Å². The zero-order chi connectivity index (χ0) is 20.9. The van der Waals surface area contributed by atoms with Crippen LogP contribution in [0.2, 0.25) is 5.02 Å².